The Morgan fingerprint density at radius 2 is 2.03 bits per heavy atom. The van der Waals surface area contributed by atoms with Gasteiger partial charge in [-0.25, -0.2) is 0 Å². The number of nitrogens with zero attached hydrogens (tertiary/aromatic N) is 2. The van der Waals surface area contributed by atoms with Gasteiger partial charge in [0.15, 0.2) is 5.96 Å². The minimum Gasteiger partial charge on any atom is -0.381 e. The molecule has 0 aromatic carbocycles. The maximum Gasteiger partial charge on any atom is 0.222 e. The van der Waals surface area contributed by atoms with E-state index in [9.17, 15) is 4.79 Å². The van der Waals surface area contributed by atoms with E-state index in [4.69, 9.17) is 9.47 Å². The summed E-state index contributed by atoms with van der Waals surface area (Å²) in [5.74, 6) is 1.83. The summed E-state index contributed by atoms with van der Waals surface area (Å²) >= 11 is 0. The second kappa shape index (κ2) is 17.1. The first-order valence-corrected chi connectivity index (χ1v) is 11.2. The molecule has 2 fully saturated rings. The van der Waals surface area contributed by atoms with Crippen LogP contribution < -0.4 is 10.6 Å². The number of rotatable bonds is 11. The summed E-state index contributed by atoms with van der Waals surface area (Å²) in [5, 5.41) is 6.66. The first-order chi connectivity index (χ1) is 13.8. The van der Waals surface area contributed by atoms with Gasteiger partial charge in [0.2, 0.25) is 5.91 Å². The van der Waals surface area contributed by atoms with Gasteiger partial charge in [-0.2, -0.15) is 0 Å². The molecule has 2 heterocycles. The van der Waals surface area contributed by atoms with Crippen LogP contribution in [-0.4, -0.2) is 75.9 Å². The average molecular weight is 524 g/mol. The number of ether oxygens (including phenoxy) is 2. The van der Waals surface area contributed by atoms with E-state index in [1.165, 1.54) is 6.42 Å². The van der Waals surface area contributed by atoms with Crippen LogP contribution in [0, 0.1) is 5.92 Å². The Kier molecular flexibility index (Phi) is 15.6. The normalized spacial score (nSPS) is 18.9. The predicted molar refractivity (Wildman–Crippen MR) is 128 cm³/mol. The van der Waals surface area contributed by atoms with Gasteiger partial charge in [-0.15, -0.1) is 24.0 Å². The monoisotopic (exact) mass is 524 g/mol. The molecule has 0 unspecified atom stereocenters. The van der Waals surface area contributed by atoms with E-state index in [0.717, 1.165) is 104 Å². The summed E-state index contributed by atoms with van der Waals surface area (Å²) in [7, 11) is 0. The van der Waals surface area contributed by atoms with Gasteiger partial charge in [0.25, 0.3) is 0 Å². The highest BCUT2D eigenvalue weighted by molar-refractivity contribution is 14.0. The van der Waals surface area contributed by atoms with E-state index in [1.54, 1.807) is 0 Å². The fourth-order valence-corrected chi connectivity index (χ4v) is 3.61. The fraction of sp³-hybridized carbons (Fsp3) is 0.905. The van der Waals surface area contributed by atoms with E-state index in [2.05, 4.69) is 22.5 Å². The number of halogens is 1. The zero-order chi connectivity index (χ0) is 19.9. The van der Waals surface area contributed by atoms with Crippen LogP contribution in [0.4, 0.5) is 0 Å². The average Bonchev–Trinajstić information content (AvgIpc) is 2.92. The Bertz CT molecular complexity index is 459. The molecule has 0 aromatic heterocycles. The van der Waals surface area contributed by atoms with E-state index in [0.29, 0.717) is 18.2 Å². The molecule has 0 spiro atoms. The van der Waals surface area contributed by atoms with E-state index >= 15 is 0 Å². The number of hydrogen-bond donors (Lipinski definition) is 2. The molecule has 0 aliphatic carbocycles. The SMILES string of the molecule is CCNC(=NCCCN1CCCCCC1=O)NCCCOCC1CCOCC1.I. The van der Waals surface area contributed by atoms with Crippen LogP contribution in [0.25, 0.3) is 0 Å². The topological polar surface area (TPSA) is 75.2 Å². The number of aliphatic imine (C=N–C) groups is 1. The number of likely N-dealkylation sites (tertiary alicyclic amines) is 1. The molecular formula is C21H41IN4O3. The van der Waals surface area contributed by atoms with Crippen LogP contribution in [-0.2, 0) is 14.3 Å². The van der Waals surface area contributed by atoms with Crippen molar-refractivity contribution in [3.05, 3.63) is 0 Å². The van der Waals surface area contributed by atoms with Crippen molar-refractivity contribution in [3.8, 4) is 0 Å². The molecule has 8 heteroatoms. The summed E-state index contributed by atoms with van der Waals surface area (Å²) in [4.78, 5) is 18.7. The van der Waals surface area contributed by atoms with Gasteiger partial charge < -0.3 is 25.0 Å². The van der Waals surface area contributed by atoms with Gasteiger partial charge >= 0.3 is 0 Å². The number of amides is 1. The lowest BCUT2D eigenvalue weighted by Gasteiger charge is -2.21. The third-order valence-corrected chi connectivity index (χ3v) is 5.32. The Morgan fingerprint density at radius 1 is 1.21 bits per heavy atom. The maximum absolute atomic E-state index is 12.0. The molecule has 0 aromatic rings. The summed E-state index contributed by atoms with van der Waals surface area (Å²) in [6.45, 7) is 9.63. The Morgan fingerprint density at radius 3 is 2.83 bits per heavy atom. The summed E-state index contributed by atoms with van der Waals surface area (Å²) in [6.07, 6.45) is 8.19. The Hall–Kier alpha value is -0.610. The van der Waals surface area contributed by atoms with Crippen molar-refractivity contribution in [2.75, 3.05) is 59.2 Å². The van der Waals surface area contributed by atoms with Gasteiger partial charge in [-0.05, 0) is 51.4 Å². The van der Waals surface area contributed by atoms with Crippen molar-refractivity contribution in [1.29, 1.82) is 0 Å². The molecule has 0 saturated carbocycles. The molecule has 1 amide bonds. The highest BCUT2D eigenvalue weighted by Gasteiger charge is 2.15. The van der Waals surface area contributed by atoms with Crippen LogP contribution >= 0.6 is 24.0 Å². The van der Waals surface area contributed by atoms with Gasteiger partial charge in [0.1, 0.15) is 0 Å². The molecule has 0 atom stereocenters. The lowest BCUT2D eigenvalue weighted by molar-refractivity contribution is -0.130. The third kappa shape index (κ3) is 12.0. The smallest absolute Gasteiger partial charge is 0.222 e. The molecule has 2 rings (SSSR count). The van der Waals surface area contributed by atoms with Crippen LogP contribution in [0.3, 0.4) is 0 Å². The predicted octanol–water partition coefficient (Wildman–Crippen LogP) is 2.79. The number of nitrogens with one attached hydrogen (secondary N) is 2. The fourth-order valence-electron chi connectivity index (χ4n) is 3.61. The van der Waals surface area contributed by atoms with E-state index < -0.39 is 0 Å². The van der Waals surface area contributed by atoms with Crippen LogP contribution in [0.1, 0.15) is 58.3 Å². The molecule has 170 valence electrons. The van der Waals surface area contributed by atoms with Crippen molar-refractivity contribution in [1.82, 2.24) is 15.5 Å². The van der Waals surface area contributed by atoms with E-state index in [-0.39, 0.29) is 24.0 Å². The van der Waals surface area contributed by atoms with Gasteiger partial charge in [-0.1, -0.05) is 6.42 Å². The van der Waals surface area contributed by atoms with Crippen molar-refractivity contribution in [3.63, 3.8) is 0 Å². The van der Waals surface area contributed by atoms with Gasteiger partial charge in [-0.3, -0.25) is 9.79 Å². The van der Waals surface area contributed by atoms with E-state index in [1.807, 2.05) is 4.90 Å². The van der Waals surface area contributed by atoms with Crippen molar-refractivity contribution in [2.24, 2.45) is 10.9 Å². The standard InChI is InChI=1S/C21H40N4O3.HI/c1-2-22-21(23-11-6-14-25-13-5-3-4-8-20(25)26)24-12-7-15-28-18-19-9-16-27-17-10-19;/h19H,2-18H2,1H3,(H2,22,23,24);1H. The maximum atomic E-state index is 12.0. The summed E-state index contributed by atoms with van der Waals surface area (Å²) in [6, 6.07) is 0. The van der Waals surface area contributed by atoms with Gasteiger partial charge in [0, 0.05) is 65.6 Å². The largest absolute Gasteiger partial charge is 0.381 e. The zero-order valence-corrected chi connectivity index (χ0v) is 20.5. The molecule has 7 nitrogen and oxygen atoms in total. The second-order valence-corrected chi connectivity index (χ2v) is 7.72. The summed E-state index contributed by atoms with van der Waals surface area (Å²) < 4.78 is 11.2. The second-order valence-electron chi connectivity index (χ2n) is 7.72. The summed E-state index contributed by atoms with van der Waals surface area (Å²) in [5.41, 5.74) is 0. The zero-order valence-electron chi connectivity index (χ0n) is 18.1. The van der Waals surface area contributed by atoms with Crippen LogP contribution in [0.15, 0.2) is 4.99 Å². The lowest BCUT2D eigenvalue weighted by Crippen LogP contribution is -2.38. The minimum atomic E-state index is 0. The first kappa shape index (κ1) is 26.4. The highest BCUT2D eigenvalue weighted by atomic mass is 127. The molecule has 2 aliphatic heterocycles. The quantitative estimate of drug-likeness (QED) is 0.188. The number of hydrogen-bond acceptors (Lipinski definition) is 4. The van der Waals surface area contributed by atoms with Crippen LogP contribution in [0.5, 0.6) is 0 Å². The number of carbonyl (C=O) groups excluding carboxylic acids is 1. The van der Waals surface area contributed by atoms with Crippen molar-refractivity contribution >= 4 is 35.8 Å². The number of guanidine groups is 1. The molecule has 0 bridgehead atoms. The molecule has 2 aliphatic rings. The first-order valence-electron chi connectivity index (χ1n) is 11.2. The Labute approximate surface area is 193 Å². The van der Waals surface area contributed by atoms with Crippen molar-refractivity contribution < 1.29 is 14.3 Å². The number of carbonyl (C=O) groups is 1. The van der Waals surface area contributed by atoms with Crippen molar-refractivity contribution in [2.45, 2.75) is 58.3 Å². The molecular weight excluding hydrogens is 483 g/mol. The van der Waals surface area contributed by atoms with Crippen LogP contribution in [0.2, 0.25) is 0 Å². The third-order valence-electron chi connectivity index (χ3n) is 5.32. The molecule has 29 heavy (non-hydrogen) atoms. The highest BCUT2D eigenvalue weighted by Crippen LogP contribution is 2.14. The molecule has 2 saturated heterocycles. The minimum absolute atomic E-state index is 0. The Balaban J connectivity index is 0.00000420. The van der Waals surface area contributed by atoms with Gasteiger partial charge in [0.05, 0.1) is 0 Å². The molecule has 0 radical (unpaired) electrons. The lowest BCUT2D eigenvalue weighted by atomic mass is 10.0. The molecule has 2 N–H and O–H groups in total.